The molecule has 4 rings (SSSR count). The lowest BCUT2D eigenvalue weighted by atomic mass is 10.1. The molecule has 2 aromatic heterocycles. The van der Waals surface area contributed by atoms with Crippen LogP contribution in [0.2, 0.25) is 0 Å². The Morgan fingerprint density at radius 3 is 2.68 bits per heavy atom. The minimum atomic E-state index is -0.661. The Bertz CT molecular complexity index is 1090. The van der Waals surface area contributed by atoms with E-state index in [4.69, 9.17) is 15.2 Å². The standard InChI is InChI=1S/C22H29N5O5S2/c1-11(2)32-21(30)16-12(3)17(18(23)29)34-20(16)24-15(28)10-33-22-26-25-19(13-6-7-13)27(22)9-14-5-4-8-31-14/h11,13-14H,4-10H2,1-3H3,(H2,23,29)(H,24,28). The monoisotopic (exact) mass is 507 g/mol. The van der Waals surface area contributed by atoms with Gasteiger partial charge in [-0.05, 0) is 52.0 Å². The SMILES string of the molecule is Cc1c(C(N)=O)sc(NC(=O)CSc2nnc(C3CC3)n2CC2CCCO2)c1C(=O)OC(C)C. The summed E-state index contributed by atoms with van der Waals surface area (Å²) in [6.45, 7) is 6.52. The number of thiophene rings is 1. The van der Waals surface area contributed by atoms with E-state index in [2.05, 4.69) is 20.1 Å². The van der Waals surface area contributed by atoms with E-state index in [1.54, 1.807) is 20.8 Å². The van der Waals surface area contributed by atoms with Gasteiger partial charge >= 0.3 is 5.97 Å². The van der Waals surface area contributed by atoms with Crippen LogP contribution in [-0.2, 0) is 20.8 Å². The van der Waals surface area contributed by atoms with E-state index in [9.17, 15) is 14.4 Å². The number of hydrogen-bond acceptors (Lipinski definition) is 9. The van der Waals surface area contributed by atoms with Crippen molar-refractivity contribution in [3.05, 3.63) is 21.8 Å². The zero-order valence-corrected chi connectivity index (χ0v) is 21.1. The minimum absolute atomic E-state index is 0.0653. The van der Waals surface area contributed by atoms with Crippen LogP contribution in [0.5, 0.6) is 0 Å². The summed E-state index contributed by atoms with van der Waals surface area (Å²) in [6, 6.07) is 0. The van der Waals surface area contributed by atoms with Crippen LogP contribution in [0.4, 0.5) is 5.00 Å². The van der Waals surface area contributed by atoms with E-state index >= 15 is 0 Å². The van der Waals surface area contributed by atoms with Gasteiger partial charge in [0.05, 0.1) is 34.9 Å². The number of nitrogens with zero attached hydrogens (tertiary/aromatic N) is 3. The Morgan fingerprint density at radius 1 is 1.29 bits per heavy atom. The molecule has 3 heterocycles. The average molecular weight is 508 g/mol. The lowest BCUT2D eigenvalue weighted by Crippen LogP contribution is -2.19. The molecule has 2 aliphatic rings. The summed E-state index contributed by atoms with van der Waals surface area (Å²) in [4.78, 5) is 37.4. The largest absolute Gasteiger partial charge is 0.459 e. The normalized spacial score (nSPS) is 17.8. The third-order valence-electron chi connectivity index (χ3n) is 5.60. The van der Waals surface area contributed by atoms with Gasteiger partial charge in [0, 0.05) is 12.5 Å². The van der Waals surface area contributed by atoms with Crippen molar-refractivity contribution in [2.75, 3.05) is 17.7 Å². The van der Waals surface area contributed by atoms with Gasteiger partial charge in [-0.3, -0.25) is 9.59 Å². The molecule has 3 N–H and O–H groups in total. The van der Waals surface area contributed by atoms with Crippen molar-refractivity contribution in [1.29, 1.82) is 0 Å². The number of nitrogens with one attached hydrogen (secondary N) is 1. The molecule has 0 aromatic carbocycles. The molecule has 0 bridgehead atoms. The molecule has 2 amide bonds. The number of carbonyl (C=O) groups excluding carboxylic acids is 3. The molecule has 1 atom stereocenters. The fourth-order valence-electron chi connectivity index (χ4n) is 3.86. The molecule has 2 aromatic rings. The Hall–Kier alpha value is -2.44. The number of ether oxygens (including phenoxy) is 2. The summed E-state index contributed by atoms with van der Waals surface area (Å²) in [5, 5.41) is 12.4. The molecule has 10 nitrogen and oxygen atoms in total. The van der Waals surface area contributed by atoms with E-state index in [0.717, 1.165) is 49.5 Å². The van der Waals surface area contributed by atoms with Gasteiger partial charge in [0.1, 0.15) is 10.8 Å². The molecule has 1 aliphatic carbocycles. The first kappa shape index (κ1) is 24.7. The zero-order valence-electron chi connectivity index (χ0n) is 19.5. The number of rotatable bonds is 10. The van der Waals surface area contributed by atoms with Crippen molar-refractivity contribution < 1.29 is 23.9 Å². The van der Waals surface area contributed by atoms with Crippen LogP contribution >= 0.6 is 23.1 Å². The highest BCUT2D eigenvalue weighted by atomic mass is 32.2. The topological polar surface area (TPSA) is 138 Å². The van der Waals surface area contributed by atoms with Gasteiger partial charge in [-0.1, -0.05) is 11.8 Å². The van der Waals surface area contributed by atoms with E-state index in [0.29, 0.717) is 23.2 Å². The van der Waals surface area contributed by atoms with Gasteiger partial charge in [0.25, 0.3) is 5.91 Å². The number of hydrogen-bond donors (Lipinski definition) is 2. The second-order valence-corrected chi connectivity index (χ2v) is 10.7. The number of aromatic nitrogens is 3. The minimum Gasteiger partial charge on any atom is -0.459 e. The summed E-state index contributed by atoms with van der Waals surface area (Å²) in [7, 11) is 0. The second kappa shape index (κ2) is 10.4. The molecule has 1 aliphatic heterocycles. The summed E-state index contributed by atoms with van der Waals surface area (Å²) < 4.78 is 13.2. The summed E-state index contributed by atoms with van der Waals surface area (Å²) in [6.07, 6.45) is 4.04. The first-order valence-electron chi connectivity index (χ1n) is 11.4. The summed E-state index contributed by atoms with van der Waals surface area (Å²) in [5.74, 6) is -0.156. The molecule has 34 heavy (non-hydrogen) atoms. The van der Waals surface area contributed by atoms with Gasteiger partial charge in [-0.15, -0.1) is 21.5 Å². The highest BCUT2D eigenvalue weighted by Gasteiger charge is 2.32. The molecular weight excluding hydrogens is 478 g/mol. The number of thioether (sulfide) groups is 1. The van der Waals surface area contributed by atoms with Crippen molar-refractivity contribution >= 4 is 45.9 Å². The van der Waals surface area contributed by atoms with Gasteiger partial charge in [0.2, 0.25) is 5.91 Å². The fourth-order valence-corrected chi connectivity index (χ4v) is 5.68. The van der Waals surface area contributed by atoms with Crippen LogP contribution < -0.4 is 11.1 Å². The molecule has 12 heteroatoms. The summed E-state index contributed by atoms with van der Waals surface area (Å²) >= 11 is 2.26. The predicted molar refractivity (Wildman–Crippen MR) is 128 cm³/mol. The lowest BCUT2D eigenvalue weighted by Gasteiger charge is -2.14. The van der Waals surface area contributed by atoms with Gasteiger partial charge in [0.15, 0.2) is 5.16 Å². The van der Waals surface area contributed by atoms with Crippen LogP contribution in [0.3, 0.4) is 0 Å². The van der Waals surface area contributed by atoms with Gasteiger partial charge in [-0.25, -0.2) is 4.79 Å². The second-order valence-electron chi connectivity index (χ2n) is 8.78. The van der Waals surface area contributed by atoms with E-state index in [-0.39, 0.29) is 39.3 Å². The molecule has 1 unspecified atom stereocenters. The third kappa shape index (κ3) is 5.61. The van der Waals surface area contributed by atoms with E-state index in [1.807, 2.05) is 0 Å². The maximum Gasteiger partial charge on any atom is 0.341 e. The Kier molecular flexibility index (Phi) is 7.58. The number of esters is 1. The van der Waals surface area contributed by atoms with Gasteiger partial charge in [-0.2, -0.15) is 0 Å². The molecule has 0 spiro atoms. The summed E-state index contributed by atoms with van der Waals surface area (Å²) in [5.41, 5.74) is 6.01. The number of anilines is 1. The van der Waals surface area contributed by atoms with Crippen LogP contribution in [-0.4, -0.2) is 57.1 Å². The van der Waals surface area contributed by atoms with Crippen LogP contribution in [0.25, 0.3) is 0 Å². The maximum absolute atomic E-state index is 12.8. The first-order valence-corrected chi connectivity index (χ1v) is 13.2. The smallest absolute Gasteiger partial charge is 0.341 e. The molecule has 1 saturated heterocycles. The molecule has 184 valence electrons. The zero-order chi connectivity index (χ0) is 24.4. The number of nitrogens with two attached hydrogens (primary N) is 1. The van der Waals surface area contributed by atoms with Crippen LogP contribution in [0.1, 0.15) is 76.9 Å². The lowest BCUT2D eigenvalue weighted by molar-refractivity contribution is -0.113. The highest BCUT2D eigenvalue weighted by molar-refractivity contribution is 7.99. The van der Waals surface area contributed by atoms with E-state index in [1.165, 1.54) is 11.8 Å². The maximum atomic E-state index is 12.8. The quantitative estimate of drug-likeness (QED) is 0.369. The number of carbonyl (C=O) groups is 3. The average Bonchev–Trinajstić information content (AvgIpc) is 3.17. The first-order chi connectivity index (χ1) is 16.2. The number of primary amides is 1. The van der Waals surface area contributed by atoms with Crippen molar-refractivity contribution in [3.63, 3.8) is 0 Å². The highest BCUT2D eigenvalue weighted by Crippen LogP contribution is 2.40. The fraction of sp³-hybridized carbons (Fsp3) is 0.591. The molecule has 1 saturated carbocycles. The van der Waals surface area contributed by atoms with Crippen molar-refractivity contribution in [2.45, 2.75) is 76.3 Å². The predicted octanol–water partition coefficient (Wildman–Crippen LogP) is 3.10. The Morgan fingerprint density at radius 2 is 2.06 bits per heavy atom. The van der Waals surface area contributed by atoms with Crippen LogP contribution in [0.15, 0.2) is 5.16 Å². The van der Waals surface area contributed by atoms with E-state index < -0.39 is 11.9 Å². The Balaban J connectivity index is 1.47. The van der Waals surface area contributed by atoms with Crippen LogP contribution in [0, 0.1) is 6.92 Å². The van der Waals surface area contributed by atoms with Gasteiger partial charge < -0.3 is 25.1 Å². The molecule has 0 radical (unpaired) electrons. The third-order valence-corrected chi connectivity index (χ3v) is 7.79. The van der Waals surface area contributed by atoms with Crippen molar-refractivity contribution in [1.82, 2.24) is 14.8 Å². The van der Waals surface area contributed by atoms with Crippen molar-refractivity contribution in [2.24, 2.45) is 5.73 Å². The number of amides is 2. The molecular formula is C22H29N5O5S2. The molecule has 2 fully saturated rings. The van der Waals surface area contributed by atoms with Crippen molar-refractivity contribution in [3.8, 4) is 0 Å². The Labute approximate surface area is 206 Å².